The summed E-state index contributed by atoms with van der Waals surface area (Å²) in [6.07, 6.45) is 1.35. The molecule has 2 rings (SSSR count). The Hall–Kier alpha value is -0.860. The van der Waals surface area contributed by atoms with E-state index in [9.17, 15) is 0 Å². The molecule has 1 saturated heterocycles. The molecule has 1 atom stereocenters. The Bertz CT molecular complexity index is 292. The van der Waals surface area contributed by atoms with E-state index in [4.69, 9.17) is 5.73 Å². The molecule has 1 heterocycles. The smallest absolute Gasteiger partial charge is 0.0236 e. The van der Waals surface area contributed by atoms with Crippen molar-refractivity contribution >= 4 is 0 Å². The minimum Gasteiger partial charge on any atom is -0.326 e. The molecule has 0 aromatic heterocycles. The number of hydrogen-bond acceptors (Lipinski definition) is 2. The molecule has 14 heavy (non-hydrogen) atoms. The molecule has 2 nitrogen and oxygen atoms in total. The maximum atomic E-state index is 5.55. The van der Waals surface area contributed by atoms with E-state index < -0.39 is 0 Å². The van der Waals surface area contributed by atoms with Crippen LogP contribution >= 0.6 is 0 Å². The van der Waals surface area contributed by atoms with Gasteiger partial charge < -0.3 is 5.73 Å². The molecule has 76 valence electrons. The van der Waals surface area contributed by atoms with Crippen molar-refractivity contribution in [3.63, 3.8) is 0 Å². The number of rotatable bonds is 3. The Morgan fingerprint density at radius 3 is 2.36 bits per heavy atom. The largest absolute Gasteiger partial charge is 0.326 e. The maximum absolute atomic E-state index is 5.55. The van der Waals surface area contributed by atoms with Crippen LogP contribution in [0.3, 0.4) is 0 Å². The third-order valence-electron chi connectivity index (χ3n) is 3.10. The zero-order chi connectivity index (χ0) is 9.97. The maximum Gasteiger partial charge on any atom is 0.0236 e. The molecule has 0 aliphatic carbocycles. The molecule has 2 heteroatoms. The van der Waals surface area contributed by atoms with Gasteiger partial charge in [-0.15, -0.1) is 0 Å². The van der Waals surface area contributed by atoms with E-state index >= 15 is 0 Å². The average Bonchev–Trinajstić information content (AvgIpc) is 2.24. The number of nitrogens with zero attached hydrogens (tertiary/aromatic N) is 1. The van der Waals surface area contributed by atoms with E-state index in [0.717, 1.165) is 12.6 Å². The zero-order valence-corrected chi connectivity index (χ0v) is 8.74. The standard InChI is InChI=1S/C12H18N2/c1-10-6-7-14(10)9-12-4-2-11(8-13)3-5-12/h2-5,10H,6-9,13H2,1H3. The highest BCUT2D eigenvalue weighted by atomic mass is 15.2. The van der Waals surface area contributed by atoms with Crippen molar-refractivity contribution in [2.24, 2.45) is 5.73 Å². The summed E-state index contributed by atoms with van der Waals surface area (Å²) in [5.41, 5.74) is 8.16. The SMILES string of the molecule is CC1CCN1Cc1ccc(CN)cc1. The fourth-order valence-electron chi connectivity index (χ4n) is 1.82. The molecule has 2 N–H and O–H groups in total. The molecule has 1 aromatic rings. The normalized spacial score (nSPS) is 22.0. The van der Waals surface area contributed by atoms with Crippen LogP contribution < -0.4 is 5.73 Å². The van der Waals surface area contributed by atoms with Gasteiger partial charge in [-0.2, -0.15) is 0 Å². The highest BCUT2D eigenvalue weighted by Crippen LogP contribution is 2.19. The zero-order valence-electron chi connectivity index (χ0n) is 8.74. The monoisotopic (exact) mass is 190 g/mol. The Balaban J connectivity index is 1.96. The molecule has 1 unspecified atom stereocenters. The quantitative estimate of drug-likeness (QED) is 0.786. The Kier molecular flexibility index (Phi) is 2.85. The second-order valence-corrected chi connectivity index (χ2v) is 4.13. The van der Waals surface area contributed by atoms with Gasteiger partial charge in [-0.25, -0.2) is 0 Å². The van der Waals surface area contributed by atoms with Crippen LogP contribution in [0.15, 0.2) is 24.3 Å². The Morgan fingerprint density at radius 1 is 1.29 bits per heavy atom. The molecule has 0 saturated carbocycles. The molecular weight excluding hydrogens is 172 g/mol. The number of likely N-dealkylation sites (tertiary alicyclic amines) is 1. The summed E-state index contributed by atoms with van der Waals surface area (Å²) in [5, 5.41) is 0. The first-order valence-electron chi connectivity index (χ1n) is 5.31. The highest BCUT2D eigenvalue weighted by molar-refractivity contribution is 5.22. The Morgan fingerprint density at radius 2 is 1.93 bits per heavy atom. The van der Waals surface area contributed by atoms with Gasteiger partial charge in [0.15, 0.2) is 0 Å². The number of hydrogen-bond donors (Lipinski definition) is 1. The summed E-state index contributed by atoms with van der Waals surface area (Å²) in [5.74, 6) is 0. The third kappa shape index (κ3) is 1.97. The van der Waals surface area contributed by atoms with Crippen LogP contribution in [-0.2, 0) is 13.1 Å². The summed E-state index contributed by atoms with van der Waals surface area (Å²) in [6.45, 7) is 5.27. The number of benzene rings is 1. The summed E-state index contributed by atoms with van der Waals surface area (Å²) in [4.78, 5) is 2.50. The van der Waals surface area contributed by atoms with Crippen LogP contribution in [0, 0.1) is 0 Å². The van der Waals surface area contributed by atoms with Crippen molar-refractivity contribution < 1.29 is 0 Å². The highest BCUT2D eigenvalue weighted by Gasteiger charge is 2.22. The molecule has 1 aliphatic heterocycles. The predicted octanol–water partition coefficient (Wildman–Crippen LogP) is 1.74. The lowest BCUT2D eigenvalue weighted by Gasteiger charge is -2.38. The molecule has 1 fully saturated rings. The van der Waals surface area contributed by atoms with Gasteiger partial charge in [-0.05, 0) is 24.5 Å². The van der Waals surface area contributed by atoms with Crippen LogP contribution in [0.5, 0.6) is 0 Å². The van der Waals surface area contributed by atoms with Crippen molar-refractivity contribution in [2.45, 2.75) is 32.5 Å². The fraction of sp³-hybridized carbons (Fsp3) is 0.500. The average molecular weight is 190 g/mol. The van der Waals surface area contributed by atoms with Crippen molar-refractivity contribution in [3.8, 4) is 0 Å². The van der Waals surface area contributed by atoms with Gasteiger partial charge in [0.25, 0.3) is 0 Å². The first kappa shape index (κ1) is 9.69. The number of nitrogens with two attached hydrogens (primary N) is 1. The molecule has 1 aliphatic rings. The third-order valence-corrected chi connectivity index (χ3v) is 3.10. The van der Waals surface area contributed by atoms with Crippen molar-refractivity contribution in [2.75, 3.05) is 6.54 Å². The predicted molar refractivity (Wildman–Crippen MR) is 58.8 cm³/mol. The van der Waals surface area contributed by atoms with Crippen molar-refractivity contribution in [1.82, 2.24) is 4.90 Å². The second kappa shape index (κ2) is 4.11. The van der Waals surface area contributed by atoms with Gasteiger partial charge in [-0.1, -0.05) is 24.3 Å². The topological polar surface area (TPSA) is 29.3 Å². The molecule has 1 aromatic carbocycles. The molecular formula is C12H18N2. The summed E-state index contributed by atoms with van der Waals surface area (Å²) >= 11 is 0. The van der Waals surface area contributed by atoms with Crippen LogP contribution in [-0.4, -0.2) is 17.5 Å². The minimum absolute atomic E-state index is 0.639. The van der Waals surface area contributed by atoms with Crippen LogP contribution in [0.2, 0.25) is 0 Å². The van der Waals surface area contributed by atoms with E-state index in [1.807, 2.05) is 0 Å². The van der Waals surface area contributed by atoms with Gasteiger partial charge in [0.05, 0.1) is 0 Å². The lowest BCUT2D eigenvalue weighted by Crippen LogP contribution is -2.44. The van der Waals surface area contributed by atoms with Crippen LogP contribution in [0.25, 0.3) is 0 Å². The van der Waals surface area contributed by atoms with E-state index in [1.165, 1.54) is 24.1 Å². The van der Waals surface area contributed by atoms with E-state index in [-0.39, 0.29) is 0 Å². The van der Waals surface area contributed by atoms with Crippen molar-refractivity contribution in [3.05, 3.63) is 35.4 Å². The van der Waals surface area contributed by atoms with Gasteiger partial charge in [-0.3, -0.25) is 4.90 Å². The molecule has 0 spiro atoms. The summed E-state index contributed by atoms with van der Waals surface area (Å²) in [6, 6.07) is 9.39. The van der Waals surface area contributed by atoms with Gasteiger partial charge in [0, 0.05) is 25.7 Å². The lowest BCUT2D eigenvalue weighted by atomic mass is 10.0. The molecule has 0 amide bonds. The van der Waals surface area contributed by atoms with Crippen LogP contribution in [0.1, 0.15) is 24.5 Å². The van der Waals surface area contributed by atoms with E-state index in [2.05, 4.69) is 36.1 Å². The minimum atomic E-state index is 0.639. The van der Waals surface area contributed by atoms with Gasteiger partial charge >= 0.3 is 0 Å². The van der Waals surface area contributed by atoms with Gasteiger partial charge in [0.2, 0.25) is 0 Å². The van der Waals surface area contributed by atoms with Gasteiger partial charge in [0.1, 0.15) is 0 Å². The van der Waals surface area contributed by atoms with E-state index in [0.29, 0.717) is 6.54 Å². The molecule has 0 radical (unpaired) electrons. The van der Waals surface area contributed by atoms with Crippen molar-refractivity contribution in [1.29, 1.82) is 0 Å². The summed E-state index contributed by atoms with van der Waals surface area (Å²) < 4.78 is 0. The van der Waals surface area contributed by atoms with E-state index in [1.54, 1.807) is 0 Å². The fourth-order valence-corrected chi connectivity index (χ4v) is 1.82. The first-order chi connectivity index (χ1) is 6.79. The first-order valence-corrected chi connectivity index (χ1v) is 5.31. The second-order valence-electron chi connectivity index (χ2n) is 4.13. The molecule has 0 bridgehead atoms. The summed E-state index contributed by atoms with van der Waals surface area (Å²) in [7, 11) is 0. The Labute approximate surface area is 85.7 Å². The lowest BCUT2D eigenvalue weighted by molar-refractivity contribution is 0.0959. The van der Waals surface area contributed by atoms with Crippen LogP contribution in [0.4, 0.5) is 0 Å².